The number of carbonyl (C=O) groups excluding carboxylic acids is 1. The number of ketones is 1. The van der Waals surface area contributed by atoms with E-state index in [-0.39, 0.29) is 16.9 Å². The van der Waals surface area contributed by atoms with Crippen molar-refractivity contribution in [3.63, 3.8) is 0 Å². The summed E-state index contributed by atoms with van der Waals surface area (Å²) in [7, 11) is 0. The third kappa shape index (κ3) is 3.69. The fourth-order valence-corrected chi connectivity index (χ4v) is 1.96. The Morgan fingerprint density at radius 2 is 1.81 bits per heavy atom. The van der Waals surface area contributed by atoms with Crippen LogP contribution in [0.2, 0.25) is 0 Å². The van der Waals surface area contributed by atoms with Crippen LogP contribution in [0.5, 0.6) is 11.5 Å². The number of benzene rings is 2. The zero-order valence-corrected chi connectivity index (χ0v) is 12.7. The van der Waals surface area contributed by atoms with Crippen molar-refractivity contribution in [1.29, 1.82) is 0 Å². The second-order valence-corrected chi connectivity index (χ2v) is 6.08. The van der Waals surface area contributed by atoms with Crippen LogP contribution in [0.3, 0.4) is 0 Å². The van der Waals surface area contributed by atoms with E-state index in [0.29, 0.717) is 11.3 Å². The van der Waals surface area contributed by atoms with Gasteiger partial charge >= 0.3 is 0 Å². The van der Waals surface area contributed by atoms with Crippen molar-refractivity contribution in [3.05, 3.63) is 59.4 Å². The smallest absolute Gasteiger partial charge is 0.166 e. The molecule has 0 aromatic heterocycles. The second-order valence-electron chi connectivity index (χ2n) is 6.08. The van der Waals surface area contributed by atoms with Crippen molar-refractivity contribution in [2.24, 2.45) is 0 Å². The van der Waals surface area contributed by atoms with Crippen molar-refractivity contribution in [1.82, 2.24) is 0 Å². The van der Waals surface area contributed by atoms with Crippen LogP contribution in [0.1, 0.15) is 43.6 Å². The van der Waals surface area contributed by atoms with E-state index in [1.807, 2.05) is 18.2 Å². The summed E-state index contributed by atoms with van der Waals surface area (Å²) in [6.45, 7) is 7.72. The van der Waals surface area contributed by atoms with Crippen LogP contribution in [0.15, 0.2) is 42.5 Å². The number of carbonyl (C=O) groups is 1. The number of hydrogen-bond donors (Lipinski definition) is 0. The molecule has 0 saturated carbocycles. The molecule has 0 aliphatic carbocycles. The molecule has 0 N–H and O–H groups in total. The summed E-state index contributed by atoms with van der Waals surface area (Å²) in [6, 6.07) is 11.8. The summed E-state index contributed by atoms with van der Waals surface area (Å²) >= 11 is 0. The first-order valence-electron chi connectivity index (χ1n) is 6.86. The molecule has 21 heavy (non-hydrogen) atoms. The van der Waals surface area contributed by atoms with Crippen molar-refractivity contribution < 1.29 is 13.9 Å². The molecule has 0 unspecified atom stereocenters. The first-order chi connectivity index (χ1) is 9.77. The molecule has 0 heterocycles. The van der Waals surface area contributed by atoms with E-state index in [1.165, 1.54) is 19.1 Å². The molecule has 0 amide bonds. The summed E-state index contributed by atoms with van der Waals surface area (Å²) in [5.74, 6) is -0.0120. The second kappa shape index (κ2) is 5.68. The molecule has 0 aliphatic heterocycles. The zero-order chi connectivity index (χ0) is 15.6. The van der Waals surface area contributed by atoms with Gasteiger partial charge in [-0.2, -0.15) is 0 Å². The van der Waals surface area contributed by atoms with Gasteiger partial charge in [0.2, 0.25) is 0 Å². The summed E-state index contributed by atoms with van der Waals surface area (Å²) in [4.78, 5) is 11.2. The Morgan fingerprint density at radius 1 is 1.10 bits per heavy atom. The lowest BCUT2D eigenvalue weighted by Gasteiger charge is -2.19. The maximum atomic E-state index is 14.0. The highest BCUT2D eigenvalue weighted by Crippen LogP contribution is 2.29. The fraction of sp³-hybridized carbons (Fsp3) is 0.278. The Balaban J connectivity index is 2.28. The predicted molar refractivity (Wildman–Crippen MR) is 81.6 cm³/mol. The fourth-order valence-electron chi connectivity index (χ4n) is 1.96. The molecule has 3 heteroatoms. The summed E-state index contributed by atoms with van der Waals surface area (Å²) < 4.78 is 19.5. The highest BCUT2D eigenvalue weighted by Gasteiger charge is 2.15. The maximum absolute atomic E-state index is 14.0. The largest absolute Gasteiger partial charge is 0.454 e. The SMILES string of the molecule is CC(=O)c1ccc(Oc2cccc(C(C)(C)C)c2)c(F)c1. The van der Waals surface area contributed by atoms with E-state index in [0.717, 1.165) is 5.56 Å². The summed E-state index contributed by atoms with van der Waals surface area (Å²) in [5, 5.41) is 0. The van der Waals surface area contributed by atoms with Gasteiger partial charge in [0.05, 0.1) is 0 Å². The summed E-state index contributed by atoms with van der Waals surface area (Å²) in [5.41, 5.74) is 1.44. The number of Topliss-reactive ketones (excluding diaryl/α,β-unsaturated/α-hetero) is 1. The molecule has 0 fully saturated rings. The van der Waals surface area contributed by atoms with Crippen LogP contribution < -0.4 is 4.74 Å². The number of hydrogen-bond acceptors (Lipinski definition) is 2. The molecule has 2 aromatic carbocycles. The topological polar surface area (TPSA) is 26.3 Å². The lowest BCUT2D eigenvalue weighted by atomic mass is 9.87. The molecule has 2 rings (SSSR count). The lowest BCUT2D eigenvalue weighted by molar-refractivity contribution is 0.101. The highest BCUT2D eigenvalue weighted by atomic mass is 19.1. The molecule has 110 valence electrons. The molecule has 0 spiro atoms. The Kier molecular flexibility index (Phi) is 4.12. The van der Waals surface area contributed by atoms with Crippen LogP contribution in [0, 0.1) is 5.82 Å². The minimum atomic E-state index is -0.538. The molecular weight excluding hydrogens is 267 g/mol. The van der Waals surface area contributed by atoms with E-state index in [9.17, 15) is 9.18 Å². The average Bonchev–Trinajstić information content (AvgIpc) is 2.40. The molecule has 0 atom stereocenters. The van der Waals surface area contributed by atoms with Crippen molar-refractivity contribution in [2.45, 2.75) is 33.1 Å². The van der Waals surface area contributed by atoms with Crippen molar-refractivity contribution in [3.8, 4) is 11.5 Å². The standard InChI is InChI=1S/C18H19FO2/c1-12(20)13-8-9-17(16(19)10-13)21-15-7-5-6-14(11-15)18(2,3)4/h5-11H,1-4H3. The van der Waals surface area contributed by atoms with Gasteiger partial charge in [-0.1, -0.05) is 32.9 Å². The minimum Gasteiger partial charge on any atom is -0.454 e. The number of halogens is 1. The van der Waals surface area contributed by atoms with E-state index in [2.05, 4.69) is 20.8 Å². The molecule has 0 aliphatic rings. The van der Waals surface area contributed by atoms with Gasteiger partial charge in [0, 0.05) is 5.56 Å². The molecule has 0 radical (unpaired) electrons. The normalized spacial score (nSPS) is 11.3. The minimum absolute atomic E-state index is 0.00357. The van der Waals surface area contributed by atoms with Crippen molar-refractivity contribution >= 4 is 5.78 Å². The van der Waals surface area contributed by atoms with Gasteiger partial charge in [0.25, 0.3) is 0 Å². The van der Waals surface area contributed by atoms with Crippen molar-refractivity contribution in [2.75, 3.05) is 0 Å². The molecule has 2 nitrogen and oxygen atoms in total. The first-order valence-corrected chi connectivity index (χ1v) is 6.86. The van der Waals surface area contributed by atoms with Crippen LogP contribution in [-0.4, -0.2) is 5.78 Å². The highest BCUT2D eigenvalue weighted by molar-refractivity contribution is 5.94. The summed E-state index contributed by atoms with van der Waals surface area (Å²) in [6.07, 6.45) is 0. The quantitative estimate of drug-likeness (QED) is 0.732. The van der Waals surface area contributed by atoms with E-state index < -0.39 is 5.82 Å². The third-order valence-corrected chi connectivity index (χ3v) is 3.27. The van der Waals surface area contributed by atoms with Gasteiger partial charge in [-0.3, -0.25) is 4.79 Å². The van der Waals surface area contributed by atoms with E-state index in [4.69, 9.17) is 4.74 Å². The van der Waals surface area contributed by atoms with Gasteiger partial charge in [0.15, 0.2) is 17.3 Å². The Hall–Kier alpha value is -2.16. The van der Waals surface area contributed by atoms with E-state index >= 15 is 0 Å². The Bertz CT molecular complexity index is 669. The van der Waals surface area contributed by atoms with Crippen LogP contribution in [0.4, 0.5) is 4.39 Å². The zero-order valence-electron chi connectivity index (χ0n) is 12.7. The first kappa shape index (κ1) is 15.2. The van der Waals surface area contributed by atoms with Crippen LogP contribution >= 0.6 is 0 Å². The Morgan fingerprint density at radius 3 is 2.38 bits per heavy atom. The predicted octanol–water partition coefficient (Wildman–Crippen LogP) is 5.12. The van der Waals surface area contributed by atoms with Gasteiger partial charge in [0.1, 0.15) is 5.75 Å². The van der Waals surface area contributed by atoms with Crippen LogP contribution in [-0.2, 0) is 5.41 Å². The van der Waals surface area contributed by atoms with Gasteiger partial charge < -0.3 is 4.74 Å². The average molecular weight is 286 g/mol. The lowest BCUT2D eigenvalue weighted by Crippen LogP contribution is -2.10. The Labute approximate surface area is 124 Å². The van der Waals surface area contributed by atoms with E-state index in [1.54, 1.807) is 12.1 Å². The molecule has 0 saturated heterocycles. The van der Waals surface area contributed by atoms with Gasteiger partial charge in [-0.05, 0) is 48.2 Å². The molecular formula is C18H19FO2. The molecule has 2 aromatic rings. The number of ether oxygens (including phenoxy) is 1. The number of rotatable bonds is 3. The maximum Gasteiger partial charge on any atom is 0.166 e. The monoisotopic (exact) mass is 286 g/mol. The third-order valence-electron chi connectivity index (χ3n) is 3.27. The van der Waals surface area contributed by atoms with Crippen LogP contribution in [0.25, 0.3) is 0 Å². The van der Waals surface area contributed by atoms with Gasteiger partial charge in [-0.15, -0.1) is 0 Å². The van der Waals surface area contributed by atoms with Gasteiger partial charge in [-0.25, -0.2) is 4.39 Å². The molecule has 0 bridgehead atoms.